The zero-order valence-electron chi connectivity index (χ0n) is 36.0. The lowest BCUT2D eigenvalue weighted by atomic mass is 9.87. The molecule has 1 amide bonds. The van der Waals surface area contributed by atoms with Gasteiger partial charge in [0.05, 0.1) is 12.3 Å². The SMILES string of the molecule is CCCCCCCCCCCCCCCCOc1ccc(C(C)(C)C)cc1OS(=O)Nc1cc(NC(=O)C(C)(C)C)cc(-c2nc3cc(C(C)(C)C)[nH]n3n2)c1. The summed E-state index contributed by atoms with van der Waals surface area (Å²) in [5.74, 6) is 1.26. The van der Waals surface area contributed by atoms with Crippen molar-refractivity contribution in [3.05, 3.63) is 53.7 Å². The van der Waals surface area contributed by atoms with Gasteiger partial charge in [-0.25, -0.2) is 4.98 Å². The lowest BCUT2D eigenvalue weighted by Crippen LogP contribution is -2.27. The van der Waals surface area contributed by atoms with Crippen LogP contribution in [0.2, 0.25) is 0 Å². The highest BCUT2D eigenvalue weighted by Gasteiger charge is 2.24. The molecule has 4 aromatic rings. The number of amides is 1. The number of benzene rings is 2. The fourth-order valence-electron chi connectivity index (χ4n) is 6.32. The fraction of sp³-hybridized carbons (Fsp3) is 0.622. The first-order valence-corrected chi connectivity index (χ1v) is 22.1. The number of nitrogens with one attached hydrogen (secondary N) is 3. The molecule has 0 aliphatic heterocycles. The lowest BCUT2D eigenvalue weighted by molar-refractivity contribution is -0.123. The molecular formula is C45H70N6O4S. The van der Waals surface area contributed by atoms with E-state index >= 15 is 0 Å². The zero-order valence-corrected chi connectivity index (χ0v) is 36.8. The summed E-state index contributed by atoms with van der Waals surface area (Å²) in [4.78, 5) is 17.8. The number of fused-ring (bicyclic) bond motifs is 1. The lowest BCUT2D eigenvalue weighted by Gasteiger charge is -2.21. The number of carbonyl (C=O) groups excluding carboxylic acids is 1. The normalized spacial score (nSPS) is 12.9. The van der Waals surface area contributed by atoms with Crippen LogP contribution in [0.25, 0.3) is 17.0 Å². The molecule has 1 unspecified atom stereocenters. The van der Waals surface area contributed by atoms with Crippen molar-refractivity contribution in [3.8, 4) is 22.9 Å². The van der Waals surface area contributed by atoms with E-state index in [1.807, 2.05) is 51.1 Å². The second-order valence-electron chi connectivity index (χ2n) is 18.4. The molecule has 310 valence electrons. The van der Waals surface area contributed by atoms with Gasteiger partial charge in [-0.15, -0.1) is 5.10 Å². The summed E-state index contributed by atoms with van der Waals surface area (Å²) >= 11 is -2.00. The Morgan fingerprint density at radius 3 is 1.88 bits per heavy atom. The van der Waals surface area contributed by atoms with Crippen LogP contribution in [-0.2, 0) is 26.9 Å². The van der Waals surface area contributed by atoms with Crippen molar-refractivity contribution in [2.45, 2.75) is 170 Å². The molecule has 0 spiro atoms. The van der Waals surface area contributed by atoms with Gasteiger partial charge in [0.1, 0.15) is 0 Å². The van der Waals surface area contributed by atoms with E-state index in [0.717, 1.165) is 24.1 Å². The number of anilines is 2. The van der Waals surface area contributed by atoms with E-state index in [4.69, 9.17) is 13.9 Å². The largest absolute Gasteiger partial charge is 0.490 e. The van der Waals surface area contributed by atoms with Crippen molar-refractivity contribution < 1.29 is 17.9 Å². The molecule has 1 atom stereocenters. The summed E-state index contributed by atoms with van der Waals surface area (Å²) in [5, 5.41) is 11.0. The van der Waals surface area contributed by atoms with Crippen molar-refractivity contribution in [3.63, 3.8) is 0 Å². The summed E-state index contributed by atoms with van der Waals surface area (Å²) in [5.41, 5.74) is 3.49. The highest BCUT2D eigenvalue weighted by molar-refractivity contribution is 7.82. The molecule has 3 N–H and O–H groups in total. The van der Waals surface area contributed by atoms with E-state index in [0.29, 0.717) is 46.5 Å². The Kier molecular flexibility index (Phi) is 16.4. The third kappa shape index (κ3) is 14.3. The van der Waals surface area contributed by atoms with Crippen LogP contribution in [0.5, 0.6) is 11.5 Å². The van der Waals surface area contributed by atoms with Crippen LogP contribution < -0.4 is 19.0 Å². The van der Waals surface area contributed by atoms with E-state index < -0.39 is 16.7 Å². The number of aromatic amines is 1. The summed E-state index contributed by atoms with van der Waals surface area (Å²) in [7, 11) is 0. The molecule has 0 aliphatic rings. The number of nitrogens with zero attached hydrogens (tertiary/aromatic N) is 3. The van der Waals surface area contributed by atoms with E-state index in [1.54, 1.807) is 16.8 Å². The Hall–Kier alpha value is -3.86. The van der Waals surface area contributed by atoms with E-state index in [9.17, 15) is 9.00 Å². The van der Waals surface area contributed by atoms with Crippen LogP contribution in [-0.4, -0.2) is 36.5 Å². The maximum absolute atomic E-state index is 13.7. The number of aromatic nitrogens is 4. The number of hydrogen-bond acceptors (Lipinski definition) is 6. The molecule has 2 aromatic carbocycles. The van der Waals surface area contributed by atoms with Crippen LogP contribution >= 0.6 is 0 Å². The maximum Gasteiger partial charge on any atom is 0.316 e. The quantitative estimate of drug-likeness (QED) is 0.0681. The Morgan fingerprint density at radius 1 is 0.732 bits per heavy atom. The zero-order chi connectivity index (χ0) is 40.9. The molecule has 2 aromatic heterocycles. The fourth-order valence-corrected chi connectivity index (χ4v) is 6.97. The number of hydrogen-bond donors (Lipinski definition) is 3. The number of carbonyl (C=O) groups is 1. The number of H-pyrrole nitrogens is 1. The van der Waals surface area contributed by atoms with Gasteiger partial charge >= 0.3 is 11.3 Å². The smallest absolute Gasteiger partial charge is 0.316 e. The van der Waals surface area contributed by atoms with Gasteiger partial charge in [-0.05, 0) is 47.7 Å². The van der Waals surface area contributed by atoms with Crippen molar-refractivity contribution in [2.24, 2.45) is 5.41 Å². The van der Waals surface area contributed by atoms with Crippen LogP contribution in [0, 0.1) is 5.41 Å². The minimum Gasteiger partial charge on any atom is -0.490 e. The maximum atomic E-state index is 13.7. The Balaban J connectivity index is 1.39. The molecular weight excluding hydrogens is 721 g/mol. The minimum absolute atomic E-state index is 0.0931. The summed E-state index contributed by atoms with van der Waals surface area (Å²) in [6, 6.07) is 13.2. The predicted molar refractivity (Wildman–Crippen MR) is 233 cm³/mol. The Labute approximate surface area is 339 Å². The van der Waals surface area contributed by atoms with Crippen molar-refractivity contribution in [1.82, 2.24) is 19.8 Å². The first kappa shape index (κ1) is 44.8. The van der Waals surface area contributed by atoms with Gasteiger partial charge in [0.15, 0.2) is 23.0 Å². The van der Waals surface area contributed by atoms with Crippen molar-refractivity contribution in [1.29, 1.82) is 0 Å². The molecule has 10 nitrogen and oxygen atoms in total. The van der Waals surface area contributed by atoms with Crippen molar-refractivity contribution in [2.75, 3.05) is 16.6 Å². The van der Waals surface area contributed by atoms with Gasteiger partial charge in [-0.2, -0.15) is 8.84 Å². The second-order valence-corrected chi connectivity index (χ2v) is 19.2. The van der Waals surface area contributed by atoms with E-state index in [2.05, 4.69) is 68.7 Å². The van der Waals surface area contributed by atoms with E-state index in [-0.39, 0.29) is 16.7 Å². The van der Waals surface area contributed by atoms with Crippen LogP contribution in [0.3, 0.4) is 0 Å². The Bertz CT molecular complexity index is 1830. The first-order valence-electron chi connectivity index (χ1n) is 21.0. The predicted octanol–water partition coefficient (Wildman–Crippen LogP) is 12.2. The molecule has 2 heterocycles. The molecule has 0 bridgehead atoms. The molecule has 56 heavy (non-hydrogen) atoms. The second kappa shape index (κ2) is 20.5. The van der Waals surface area contributed by atoms with Gasteiger partial charge in [0, 0.05) is 33.8 Å². The monoisotopic (exact) mass is 791 g/mol. The van der Waals surface area contributed by atoms with Gasteiger partial charge in [0.25, 0.3) is 0 Å². The molecule has 0 radical (unpaired) electrons. The highest BCUT2D eigenvalue weighted by Crippen LogP contribution is 2.35. The molecule has 0 saturated heterocycles. The summed E-state index contributed by atoms with van der Waals surface area (Å²) in [6.45, 7) is 21.1. The number of rotatable bonds is 22. The Morgan fingerprint density at radius 2 is 1.32 bits per heavy atom. The third-order valence-electron chi connectivity index (χ3n) is 10.0. The molecule has 0 fully saturated rings. The van der Waals surface area contributed by atoms with Gasteiger partial charge < -0.3 is 14.2 Å². The number of ether oxygens (including phenoxy) is 1. The van der Waals surface area contributed by atoms with Crippen LogP contribution in [0.4, 0.5) is 11.4 Å². The molecule has 0 aliphatic carbocycles. The van der Waals surface area contributed by atoms with Gasteiger partial charge in [-0.1, -0.05) is 159 Å². The standard InChI is InChI=1S/C45H70N6O4S/c1-11-12-13-14-15-16-17-18-19-20-21-22-23-24-27-54-37-26-25-34(43(2,3)4)30-38(37)55-56(53)50-36-29-33(28-35(31-36)46-42(52)45(8,9)10)41-47-40-32-39(44(5,6)7)48-51(40)49-41/h25-26,28-32,48,50H,11-24,27H2,1-10H3,(H,46,52). The summed E-state index contributed by atoms with van der Waals surface area (Å²) in [6.07, 6.45) is 18.2. The topological polar surface area (TPSA) is 123 Å². The molecule has 11 heteroatoms. The van der Waals surface area contributed by atoms with Crippen LogP contribution in [0.15, 0.2) is 42.5 Å². The third-order valence-corrected chi connectivity index (χ3v) is 10.7. The number of unbranched alkanes of at least 4 members (excludes halogenated alkanes) is 13. The summed E-state index contributed by atoms with van der Waals surface area (Å²) < 4.78 is 30.6. The average Bonchev–Trinajstić information content (AvgIpc) is 3.70. The van der Waals surface area contributed by atoms with Crippen molar-refractivity contribution >= 4 is 34.2 Å². The van der Waals surface area contributed by atoms with Gasteiger partial charge in [0.2, 0.25) is 5.91 Å². The first-order chi connectivity index (χ1) is 26.4. The molecule has 4 rings (SSSR count). The minimum atomic E-state index is -2.00. The highest BCUT2D eigenvalue weighted by atomic mass is 32.2. The molecule has 0 saturated carbocycles. The van der Waals surface area contributed by atoms with Gasteiger partial charge in [-0.3, -0.25) is 14.6 Å². The van der Waals surface area contributed by atoms with E-state index in [1.165, 1.54) is 77.0 Å². The average molecular weight is 791 g/mol. The van der Waals surface area contributed by atoms with Crippen LogP contribution in [0.1, 0.15) is 170 Å².